The number of aliphatic hydroxyl groups is 1. The fourth-order valence-electron chi connectivity index (χ4n) is 0.455. The molecule has 0 aromatic heterocycles. The van der Waals surface area contributed by atoms with E-state index in [-0.39, 0.29) is 6.61 Å². The molecule has 0 heterocycles. The minimum Gasteiger partial charge on any atom is -0.459 e. The van der Waals surface area contributed by atoms with Crippen LogP contribution >= 0.6 is 0 Å². The second kappa shape index (κ2) is 4.91. The largest absolute Gasteiger partial charge is 0.459 e. The summed E-state index contributed by atoms with van der Waals surface area (Å²) in [5, 5.41) is 8.43. The molecule has 63 valence electrons. The summed E-state index contributed by atoms with van der Waals surface area (Å²) in [5.74, 6) is -0.460. The molecule has 0 saturated carbocycles. The van der Waals surface area contributed by atoms with Crippen molar-refractivity contribution in [2.45, 2.75) is 19.4 Å². The Kier molecular flexibility index (Phi) is 4.54. The predicted molar refractivity (Wildman–Crippen MR) is 41.8 cm³/mol. The topological polar surface area (TPSA) is 46.5 Å². The van der Waals surface area contributed by atoms with Gasteiger partial charge < -0.3 is 9.84 Å². The van der Waals surface area contributed by atoms with Gasteiger partial charge in [0.05, 0.1) is 0 Å². The van der Waals surface area contributed by atoms with Crippen molar-refractivity contribution in [3.63, 3.8) is 0 Å². The van der Waals surface area contributed by atoms with Crippen molar-refractivity contribution in [2.24, 2.45) is 0 Å². The lowest BCUT2D eigenvalue weighted by molar-refractivity contribution is -0.142. The Morgan fingerprint density at radius 1 is 1.73 bits per heavy atom. The van der Waals surface area contributed by atoms with Crippen LogP contribution in [0.2, 0.25) is 0 Å². The second-order valence-corrected chi connectivity index (χ2v) is 2.32. The van der Waals surface area contributed by atoms with Gasteiger partial charge in [0.2, 0.25) is 0 Å². The van der Waals surface area contributed by atoms with Gasteiger partial charge in [-0.2, -0.15) is 0 Å². The summed E-state index contributed by atoms with van der Waals surface area (Å²) in [7, 11) is 0. The van der Waals surface area contributed by atoms with Crippen LogP contribution in [0, 0.1) is 6.92 Å². The van der Waals surface area contributed by atoms with E-state index in [4.69, 9.17) is 9.84 Å². The van der Waals surface area contributed by atoms with Gasteiger partial charge in [0, 0.05) is 18.6 Å². The third-order valence-corrected chi connectivity index (χ3v) is 1.07. The van der Waals surface area contributed by atoms with Crippen LogP contribution in [-0.4, -0.2) is 23.8 Å². The summed E-state index contributed by atoms with van der Waals surface area (Å²) in [4.78, 5) is 10.8. The average Bonchev–Trinajstić information content (AvgIpc) is 1.87. The highest BCUT2D eigenvalue weighted by atomic mass is 16.5. The van der Waals surface area contributed by atoms with E-state index in [9.17, 15) is 4.79 Å². The molecule has 11 heavy (non-hydrogen) atoms. The van der Waals surface area contributed by atoms with E-state index in [1.54, 1.807) is 6.92 Å². The van der Waals surface area contributed by atoms with E-state index in [0.29, 0.717) is 12.0 Å². The van der Waals surface area contributed by atoms with Crippen molar-refractivity contribution in [3.05, 3.63) is 19.1 Å². The summed E-state index contributed by atoms with van der Waals surface area (Å²) < 4.78 is 4.74. The Bertz CT molecular complexity index is 151. The van der Waals surface area contributed by atoms with Crippen LogP contribution in [0.25, 0.3) is 0 Å². The Labute approximate surface area is 66.7 Å². The summed E-state index contributed by atoms with van der Waals surface area (Å²) in [6.07, 6.45) is -0.122. The Balaban J connectivity index is 3.66. The van der Waals surface area contributed by atoms with Gasteiger partial charge in [0.15, 0.2) is 0 Å². The zero-order valence-corrected chi connectivity index (χ0v) is 6.67. The highest BCUT2D eigenvalue weighted by Gasteiger charge is 2.08. The van der Waals surface area contributed by atoms with E-state index in [1.165, 1.54) is 0 Å². The molecular formula is C8H13O3. The second-order valence-electron chi connectivity index (χ2n) is 2.32. The summed E-state index contributed by atoms with van der Waals surface area (Å²) >= 11 is 0. The van der Waals surface area contributed by atoms with Crippen molar-refractivity contribution in [1.29, 1.82) is 0 Å². The monoisotopic (exact) mass is 157 g/mol. The number of hydrogen-bond acceptors (Lipinski definition) is 3. The van der Waals surface area contributed by atoms with Crippen molar-refractivity contribution >= 4 is 5.97 Å². The number of rotatable bonds is 4. The van der Waals surface area contributed by atoms with E-state index >= 15 is 0 Å². The highest BCUT2D eigenvalue weighted by Crippen LogP contribution is 2.00. The van der Waals surface area contributed by atoms with Crippen molar-refractivity contribution < 1.29 is 14.6 Å². The molecule has 0 bridgehead atoms. The molecule has 1 radical (unpaired) electrons. The lowest BCUT2D eigenvalue weighted by Gasteiger charge is -2.10. The van der Waals surface area contributed by atoms with Gasteiger partial charge in [-0.1, -0.05) is 6.58 Å². The number of ether oxygens (including phenoxy) is 1. The van der Waals surface area contributed by atoms with Crippen LogP contribution in [0.1, 0.15) is 13.3 Å². The molecule has 0 saturated heterocycles. The number of aliphatic hydroxyl groups excluding tert-OH is 1. The molecule has 0 rings (SSSR count). The van der Waals surface area contributed by atoms with E-state index < -0.39 is 12.1 Å². The van der Waals surface area contributed by atoms with Gasteiger partial charge in [0.25, 0.3) is 0 Å². The molecule has 0 aliphatic carbocycles. The molecule has 0 aromatic rings. The lowest BCUT2D eigenvalue weighted by Crippen LogP contribution is -2.16. The Morgan fingerprint density at radius 2 is 2.27 bits per heavy atom. The van der Waals surface area contributed by atoms with Crippen molar-refractivity contribution in [2.75, 3.05) is 6.61 Å². The SMILES string of the molecule is [CH2]C(CCO)OC(=O)C(=C)C. The molecule has 0 aromatic carbocycles. The molecule has 1 unspecified atom stereocenters. The molecule has 1 atom stereocenters. The maximum atomic E-state index is 10.8. The zero-order chi connectivity index (χ0) is 8.85. The standard InChI is InChI=1S/C8H13O3/c1-6(2)8(10)11-7(3)4-5-9/h7,9H,1,3-5H2,2H3. The molecule has 0 spiro atoms. The fourth-order valence-corrected chi connectivity index (χ4v) is 0.455. The third-order valence-electron chi connectivity index (χ3n) is 1.07. The van der Waals surface area contributed by atoms with Gasteiger partial charge in [-0.15, -0.1) is 0 Å². The maximum absolute atomic E-state index is 10.8. The number of hydrogen-bond donors (Lipinski definition) is 1. The lowest BCUT2D eigenvalue weighted by atomic mass is 10.3. The smallest absolute Gasteiger partial charge is 0.333 e. The van der Waals surface area contributed by atoms with Gasteiger partial charge in [-0.3, -0.25) is 0 Å². The summed E-state index contributed by atoms with van der Waals surface area (Å²) in [6.45, 7) is 8.44. The molecule has 3 heteroatoms. The van der Waals surface area contributed by atoms with E-state index in [1.807, 2.05) is 0 Å². The van der Waals surface area contributed by atoms with Crippen LogP contribution in [0.4, 0.5) is 0 Å². The average molecular weight is 157 g/mol. The van der Waals surface area contributed by atoms with Gasteiger partial charge in [0.1, 0.15) is 6.10 Å². The number of esters is 1. The van der Waals surface area contributed by atoms with E-state index in [0.717, 1.165) is 0 Å². The molecule has 0 amide bonds. The normalized spacial score (nSPS) is 12.3. The maximum Gasteiger partial charge on any atom is 0.333 e. The summed E-state index contributed by atoms with van der Waals surface area (Å²) in [5.41, 5.74) is 0.344. The molecule has 1 N–H and O–H groups in total. The van der Waals surface area contributed by atoms with Crippen LogP contribution < -0.4 is 0 Å². The highest BCUT2D eigenvalue weighted by molar-refractivity contribution is 5.87. The fraction of sp³-hybridized carbons (Fsp3) is 0.500. The van der Waals surface area contributed by atoms with Gasteiger partial charge >= 0.3 is 5.97 Å². The van der Waals surface area contributed by atoms with Crippen molar-refractivity contribution in [3.8, 4) is 0 Å². The van der Waals surface area contributed by atoms with Gasteiger partial charge in [-0.05, 0) is 13.8 Å². The molecule has 0 aliphatic rings. The molecule has 0 aliphatic heterocycles. The first kappa shape index (κ1) is 10.2. The molecular weight excluding hydrogens is 144 g/mol. The Hall–Kier alpha value is -0.830. The molecule has 3 nitrogen and oxygen atoms in total. The van der Waals surface area contributed by atoms with Crippen LogP contribution in [0.5, 0.6) is 0 Å². The van der Waals surface area contributed by atoms with Crippen LogP contribution in [-0.2, 0) is 9.53 Å². The zero-order valence-electron chi connectivity index (χ0n) is 6.67. The predicted octanol–water partition coefficient (Wildman–Crippen LogP) is 0.691. The quantitative estimate of drug-likeness (QED) is 0.482. The number of carbonyl (C=O) groups is 1. The van der Waals surface area contributed by atoms with Crippen molar-refractivity contribution in [1.82, 2.24) is 0 Å². The Morgan fingerprint density at radius 3 is 2.64 bits per heavy atom. The number of carbonyl (C=O) groups excluding carboxylic acids is 1. The third kappa shape index (κ3) is 4.56. The summed E-state index contributed by atoms with van der Waals surface area (Å²) in [6, 6.07) is 0. The minimum atomic E-state index is -0.482. The van der Waals surface area contributed by atoms with Crippen LogP contribution in [0.3, 0.4) is 0 Å². The first-order valence-corrected chi connectivity index (χ1v) is 3.38. The minimum absolute atomic E-state index is 0.0301. The first-order chi connectivity index (χ1) is 5.07. The van der Waals surface area contributed by atoms with E-state index in [2.05, 4.69) is 13.5 Å². The van der Waals surface area contributed by atoms with Crippen LogP contribution in [0.15, 0.2) is 12.2 Å². The molecule has 0 fully saturated rings. The first-order valence-electron chi connectivity index (χ1n) is 3.38. The van der Waals surface area contributed by atoms with Gasteiger partial charge in [-0.25, -0.2) is 4.79 Å².